The number of aliphatic hydroxyl groups is 1. The smallest absolute Gasteiger partial charge is 0.407 e. The van der Waals surface area contributed by atoms with Gasteiger partial charge in [-0.05, 0) is 73.8 Å². The molecule has 1 amide bonds. The second kappa shape index (κ2) is 11.2. The van der Waals surface area contributed by atoms with Crippen LogP contribution in [0.15, 0.2) is 48.1 Å². The Morgan fingerprint density at radius 3 is 2.67 bits per heavy atom. The number of Topliss-reactive ketones (excluding diaryl/α,β-unsaturated/α-hetero) is 1. The number of benzene rings is 1. The molecule has 3 N–H and O–H groups in total. The minimum atomic E-state index is -1.32. The molecule has 4 fully saturated rings. The van der Waals surface area contributed by atoms with Gasteiger partial charge in [0.15, 0.2) is 24.3 Å². The number of aliphatic hydroxyl groups excluding tert-OH is 1. The maximum absolute atomic E-state index is 14.2. The molecule has 1 aromatic carbocycles. The van der Waals surface area contributed by atoms with E-state index in [0.717, 1.165) is 36.1 Å². The molecule has 9 nitrogen and oxygen atoms in total. The maximum atomic E-state index is 14.2. The number of carbonyl (C=O) groups excluding carboxylic acids is 3. The van der Waals surface area contributed by atoms with Gasteiger partial charge in [0.05, 0.1) is 12.2 Å². The van der Waals surface area contributed by atoms with Crippen LogP contribution in [0.25, 0.3) is 0 Å². The van der Waals surface area contributed by atoms with Gasteiger partial charge in [0.2, 0.25) is 5.78 Å². The minimum Gasteiger partial charge on any atom is -0.441 e. The lowest BCUT2D eigenvalue weighted by Crippen LogP contribution is -2.63. The number of nitrogens with one attached hydrogen (secondary N) is 2. The van der Waals surface area contributed by atoms with Crippen LogP contribution in [0, 0.1) is 28.6 Å². The molecule has 0 bridgehead atoms. The molecule has 5 aliphatic rings. The van der Waals surface area contributed by atoms with Crippen molar-refractivity contribution in [1.29, 1.82) is 0 Å². The van der Waals surface area contributed by atoms with E-state index >= 15 is 0 Å². The second-order valence-corrected chi connectivity index (χ2v) is 13.4. The van der Waals surface area contributed by atoms with Crippen LogP contribution in [0.1, 0.15) is 64.9 Å². The van der Waals surface area contributed by atoms with E-state index in [0.29, 0.717) is 19.3 Å². The molecule has 1 heterocycles. The van der Waals surface area contributed by atoms with E-state index in [1.54, 1.807) is 12.2 Å². The van der Waals surface area contributed by atoms with Gasteiger partial charge >= 0.3 is 6.09 Å². The fourth-order valence-corrected chi connectivity index (χ4v) is 9.26. The predicted molar refractivity (Wildman–Crippen MR) is 160 cm³/mol. The van der Waals surface area contributed by atoms with Crippen LogP contribution < -0.4 is 10.6 Å². The summed E-state index contributed by atoms with van der Waals surface area (Å²) in [6, 6.07) is 7.66. The summed E-state index contributed by atoms with van der Waals surface area (Å²) in [5.74, 6) is -0.196. The van der Waals surface area contributed by atoms with Gasteiger partial charge in [-0.2, -0.15) is 0 Å². The van der Waals surface area contributed by atoms with Gasteiger partial charge in [0.25, 0.3) is 0 Å². The number of amides is 1. The zero-order valence-corrected chi connectivity index (χ0v) is 25.6. The quantitative estimate of drug-likeness (QED) is 0.397. The minimum absolute atomic E-state index is 0.000475. The zero-order valence-electron chi connectivity index (χ0n) is 25.6. The van der Waals surface area contributed by atoms with Crippen molar-refractivity contribution in [2.45, 2.75) is 89.9 Å². The van der Waals surface area contributed by atoms with Gasteiger partial charge in [-0.15, -0.1) is 0 Å². The highest BCUT2D eigenvalue weighted by atomic mass is 16.7. The highest BCUT2D eigenvalue weighted by molar-refractivity contribution is 6.01. The molecule has 9 atom stereocenters. The third-order valence-electron chi connectivity index (χ3n) is 11.2. The Bertz CT molecular complexity index is 1340. The number of hydrogen-bond donors (Lipinski definition) is 3. The van der Waals surface area contributed by atoms with Crippen molar-refractivity contribution in [3.8, 4) is 0 Å². The molecule has 1 saturated heterocycles. The Kier molecular flexibility index (Phi) is 7.80. The number of hydrogen-bond acceptors (Lipinski definition) is 8. The summed E-state index contributed by atoms with van der Waals surface area (Å²) in [6.45, 7) is 6.08. The van der Waals surface area contributed by atoms with Gasteiger partial charge in [0, 0.05) is 36.0 Å². The molecule has 9 heteroatoms. The van der Waals surface area contributed by atoms with Crippen molar-refractivity contribution < 1.29 is 33.7 Å². The van der Waals surface area contributed by atoms with Crippen molar-refractivity contribution in [3.63, 3.8) is 0 Å². The van der Waals surface area contributed by atoms with E-state index < -0.39 is 47.6 Å². The van der Waals surface area contributed by atoms with Crippen LogP contribution in [0.4, 0.5) is 10.5 Å². The average molecular weight is 593 g/mol. The van der Waals surface area contributed by atoms with E-state index in [9.17, 15) is 19.5 Å². The van der Waals surface area contributed by atoms with E-state index in [1.807, 2.05) is 44.3 Å². The number of ketones is 2. The number of fused-ring (bicyclic) bond motifs is 7. The molecule has 0 spiro atoms. The molecule has 6 rings (SSSR count). The standard InChI is InChI=1S/C34H44N2O7/c1-5-6-29-42-28-16-25-24-12-9-21-15-23(37)13-14-32(21,2)30(24)26(38)17-33(25,3)34(28,43-29)27(39)19-41-31(40)36-18-20-7-10-22(35-4)11-8-20/h7-8,10-11,13-15,24-26,28-30,35,38H,5-6,9,12,16-19H2,1-4H3,(H,36,40)/t24-,25-,26-,28+,29?,30+,32-,33-,34+/m0/s1. The number of carbonyl (C=O) groups is 3. The summed E-state index contributed by atoms with van der Waals surface area (Å²) in [4.78, 5) is 39.1. The molecule has 4 aliphatic carbocycles. The van der Waals surface area contributed by atoms with Crippen molar-refractivity contribution in [2.24, 2.45) is 28.6 Å². The number of allylic oxidation sites excluding steroid dienone is 4. The fraction of sp³-hybridized carbons (Fsp3) is 0.618. The number of ether oxygens (including phenoxy) is 3. The molecular weight excluding hydrogens is 548 g/mol. The lowest BCUT2D eigenvalue weighted by Gasteiger charge is -2.59. The normalized spacial score (nSPS) is 39.2. The molecule has 0 radical (unpaired) electrons. The van der Waals surface area contributed by atoms with E-state index in [4.69, 9.17) is 14.2 Å². The number of anilines is 1. The van der Waals surface area contributed by atoms with E-state index in [1.165, 1.54) is 0 Å². The first kappa shape index (κ1) is 30.0. The van der Waals surface area contributed by atoms with Crippen LogP contribution in [-0.2, 0) is 30.3 Å². The van der Waals surface area contributed by atoms with Gasteiger partial charge < -0.3 is 30.0 Å². The molecule has 43 heavy (non-hydrogen) atoms. The largest absolute Gasteiger partial charge is 0.441 e. The molecule has 1 unspecified atom stereocenters. The van der Waals surface area contributed by atoms with Crippen molar-refractivity contribution in [2.75, 3.05) is 19.0 Å². The summed E-state index contributed by atoms with van der Waals surface area (Å²) in [5.41, 5.74) is 0.525. The van der Waals surface area contributed by atoms with Crippen molar-refractivity contribution in [1.82, 2.24) is 5.32 Å². The first-order valence-electron chi connectivity index (χ1n) is 15.7. The van der Waals surface area contributed by atoms with Crippen LogP contribution in [0.5, 0.6) is 0 Å². The van der Waals surface area contributed by atoms with Crippen LogP contribution in [0.2, 0.25) is 0 Å². The zero-order chi connectivity index (χ0) is 30.6. The van der Waals surface area contributed by atoms with Gasteiger partial charge in [-0.25, -0.2) is 4.79 Å². The summed E-state index contributed by atoms with van der Waals surface area (Å²) in [7, 11) is 1.84. The molecule has 0 aromatic heterocycles. The molecular formula is C34H44N2O7. The second-order valence-electron chi connectivity index (χ2n) is 13.4. The highest BCUT2D eigenvalue weighted by Gasteiger charge is 2.75. The molecule has 232 valence electrons. The Labute approximate surface area is 253 Å². The summed E-state index contributed by atoms with van der Waals surface area (Å²) < 4.78 is 18.6. The summed E-state index contributed by atoms with van der Waals surface area (Å²) in [6.07, 6.45) is 7.07. The Morgan fingerprint density at radius 2 is 1.95 bits per heavy atom. The van der Waals surface area contributed by atoms with Crippen LogP contribution >= 0.6 is 0 Å². The first-order chi connectivity index (χ1) is 20.6. The van der Waals surface area contributed by atoms with Gasteiger partial charge in [0.1, 0.15) is 0 Å². The van der Waals surface area contributed by atoms with E-state index in [-0.39, 0.29) is 35.9 Å². The van der Waals surface area contributed by atoms with E-state index in [2.05, 4.69) is 24.5 Å². The summed E-state index contributed by atoms with van der Waals surface area (Å²) >= 11 is 0. The lowest BCUT2D eigenvalue weighted by atomic mass is 9.46. The van der Waals surface area contributed by atoms with Crippen molar-refractivity contribution >= 4 is 23.3 Å². The number of rotatable bonds is 8. The fourth-order valence-electron chi connectivity index (χ4n) is 9.26. The Balaban J connectivity index is 1.22. The third-order valence-corrected chi connectivity index (χ3v) is 11.2. The monoisotopic (exact) mass is 592 g/mol. The van der Waals surface area contributed by atoms with Crippen molar-refractivity contribution in [3.05, 3.63) is 53.6 Å². The number of alkyl carbamates (subject to hydrolysis) is 1. The topological polar surface area (TPSA) is 123 Å². The first-order valence-corrected chi connectivity index (χ1v) is 15.7. The third kappa shape index (κ3) is 4.75. The van der Waals surface area contributed by atoms with Gasteiger partial charge in [-0.1, -0.05) is 51.0 Å². The molecule has 1 aromatic rings. The lowest BCUT2D eigenvalue weighted by molar-refractivity contribution is -0.200. The average Bonchev–Trinajstić information content (AvgIpc) is 3.47. The SMILES string of the molecule is CCCC1O[C@@H]2C[C@H]3[C@@H]4CCC5=CC(=O)C=C[C@]5(C)[C@H]4[C@@H](O)C[C@]3(C)[C@]2(C(=O)COC(=O)NCc2ccc(NC)cc2)O1. The maximum Gasteiger partial charge on any atom is 0.407 e. The van der Waals surface area contributed by atoms with Crippen LogP contribution in [-0.4, -0.2) is 60.5 Å². The summed E-state index contributed by atoms with van der Waals surface area (Å²) in [5, 5.41) is 17.6. The predicted octanol–water partition coefficient (Wildman–Crippen LogP) is 4.69. The Morgan fingerprint density at radius 1 is 1.19 bits per heavy atom. The Hall–Kier alpha value is -3.01. The molecule has 3 saturated carbocycles. The molecule has 1 aliphatic heterocycles. The van der Waals surface area contributed by atoms with Crippen LogP contribution in [0.3, 0.4) is 0 Å². The van der Waals surface area contributed by atoms with Gasteiger partial charge in [-0.3, -0.25) is 9.59 Å². The highest BCUT2D eigenvalue weighted by Crippen LogP contribution is 2.69.